The van der Waals surface area contributed by atoms with Crippen LogP contribution in [0.15, 0.2) is 24.4 Å². The van der Waals surface area contributed by atoms with Crippen LogP contribution in [-0.4, -0.2) is 21.7 Å². The number of hydrogen-bond donors (Lipinski definition) is 2. The minimum absolute atomic E-state index is 0.190. The molecule has 18 heavy (non-hydrogen) atoms. The summed E-state index contributed by atoms with van der Waals surface area (Å²) in [5.74, 6) is -0.190. The van der Waals surface area contributed by atoms with Crippen molar-refractivity contribution in [1.29, 1.82) is 0 Å². The van der Waals surface area contributed by atoms with Gasteiger partial charge >= 0.3 is 0 Å². The van der Waals surface area contributed by atoms with E-state index in [2.05, 4.69) is 24.3 Å². The summed E-state index contributed by atoms with van der Waals surface area (Å²) in [5, 5.41) is 8.17. The van der Waals surface area contributed by atoms with Crippen LogP contribution in [0.3, 0.4) is 0 Å². The molecule has 5 heteroatoms. The zero-order valence-corrected chi connectivity index (χ0v) is 10.8. The van der Waals surface area contributed by atoms with Gasteiger partial charge in [0.1, 0.15) is 0 Å². The van der Waals surface area contributed by atoms with E-state index in [-0.39, 0.29) is 11.9 Å². The van der Waals surface area contributed by atoms with Crippen LogP contribution >= 0.6 is 0 Å². The highest BCUT2D eigenvalue weighted by Crippen LogP contribution is 2.21. The van der Waals surface area contributed by atoms with Gasteiger partial charge in [0.2, 0.25) is 5.91 Å². The third kappa shape index (κ3) is 2.36. The molecule has 1 aromatic heterocycles. The third-order valence-electron chi connectivity index (χ3n) is 2.77. The number of anilines is 1. The van der Waals surface area contributed by atoms with Crippen LogP contribution in [0.5, 0.6) is 0 Å². The molecule has 5 nitrogen and oxygen atoms in total. The SMILES string of the molecule is CC(C)n1ncc2ccc(NC(=O)[C@@H](C)N)cc21. The van der Waals surface area contributed by atoms with Crippen molar-refractivity contribution in [3.8, 4) is 0 Å². The maximum Gasteiger partial charge on any atom is 0.240 e. The fourth-order valence-electron chi connectivity index (χ4n) is 1.78. The number of carbonyl (C=O) groups is 1. The molecule has 2 rings (SSSR count). The van der Waals surface area contributed by atoms with E-state index in [1.165, 1.54) is 0 Å². The van der Waals surface area contributed by atoms with Crippen molar-refractivity contribution in [2.24, 2.45) is 5.73 Å². The quantitative estimate of drug-likeness (QED) is 0.868. The van der Waals surface area contributed by atoms with Crippen molar-refractivity contribution in [2.45, 2.75) is 32.9 Å². The minimum Gasteiger partial charge on any atom is -0.325 e. The van der Waals surface area contributed by atoms with Gasteiger partial charge in [0.15, 0.2) is 0 Å². The molecule has 96 valence electrons. The van der Waals surface area contributed by atoms with Gasteiger partial charge in [0.25, 0.3) is 0 Å². The van der Waals surface area contributed by atoms with E-state index >= 15 is 0 Å². The summed E-state index contributed by atoms with van der Waals surface area (Å²) in [6.45, 7) is 5.80. The van der Waals surface area contributed by atoms with Crippen LogP contribution in [0.1, 0.15) is 26.8 Å². The Balaban J connectivity index is 2.36. The molecule has 1 heterocycles. The van der Waals surface area contributed by atoms with Crippen LogP contribution in [-0.2, 0) is 4.79 Å². The van der Waals surface area contributed by atoms with Gasteiger partial charge in [0.05, 0.1) is 17.8 Å². The lowest BCUT2D eigenvalue weighted by atomic mass is 10.2. The number of carbonyl (C=O) groups excluding carboxylic acids is 1. The van der Waals surface area contributed by atoms with E-state index in [0.29, 0.717) is 0 Å². The number of nitrogens with two attached hydrogens (primary N) is 1. The topological polar surface area (TPSA) is 72.9 Å². The molecule has 0 spiro atoms. The second-order valence-electron chi connectivity index (χ2n) is 4.73. The molecule has 0 unspecified atom stereocenters. The maximum atomic E-state index is 11.5. The molecule has 0 aliphatic heterocycles. The van der Waals surface area contributed by atoms with Crippen LogP contribution in [0.2, 0.25) is 0 Å². The molecule has 1 aromatic carbocycles. The van der Waals surface area contributed by atoms with E-state index in [4.69, 9.17) is 5.73 Å². The molecule has 0 aliphatic rings. The van der Waals surface area contributed by atoms with Crippen molar-refractivity contribution < 1.29 is 4.79 Å². The van der Waals surface area contributed by atoms with Crippen LogP contribution in [0.25, 0.3) is 10.9 Å². The number of nitrogens with one attached hydrogen (secondary N) is 1. The van der Waals surface area contributed by atoms with Crippen LogP contribution in [0.4, 0.5) is 5.69 Å². The predicted octanol–water partition coefficient (Wildman–Crippen LogP) is 1.90. The molecule has 2 aromatic rings. The van der Waals surface area contributed by atoms with Crippen molar-refractivity contribution in [2.75, 3.05) is 5.32 Å². The van der Waals surface area contributed by atoms with Crippen LogP contribution < -0.4 is 11.1 Å². The normalized spacial score (nSPS) is 12.9. The molecule has 1 amide bonds. The van der Waals surface area contributed by atoms with Crippen molar-refractivity contribution in [1.82, 2.24) is 9.78 Å². The first-order valence-corrected chi connectivity index (χ1v) is 6.02. The van der Waals surface area contributed by atoms with E-state index in [0.717, 1.165) is 16.6 Å². The molecule has 0 radical (unpaired) electrons. The van der Waals surface area contributed by atoms with Crippen molar-refractivity contribution >= 4 is 22.5 Å². The zero-order chi connectivity index (χ0) is 13.3. The first-order valence-electron chi connectivity index (χ1n) is 6.02. The maximum absolute atomic E-state index is 11.5. The fraction of sp³-hybridized carbons (Fsp3) is 0.385. The summed E-state index contributed by atoms with van der Waals surface area (Å²) in [5.41, 5.74) is 7.27. The van der Waals surface area contributed by atoms with Gasteiger partial charge in [-0.15, -0.1) is 0 Å². The summed E-state index contributed by atoms with van der Waals surface area (Å²) in [4.78, 5) is 11.5. The summed E-state index contributed by atoms with van der Waals surface area (Å²) in [7, 11) is 0. The molecule has 0 bridgehead atoms. The Morgan fingerprint density at radius 2 is 2.11 bits per heavy atom. The van der Waals surface area contributed by atoms with Crippen molar-refractivity contribution in [3.63, 3.8) is 0 Å². The van der Waals surface area contributed by atoms with Crippen LogP contribution in [0, 0.1) is 0 Å². The van der Waals surface area contributed by atoms with E-state index < -0.39 is 6.04 Å². The van der Waals surface area contributed by atoms with Gasteiger partial charge < -0.3 is 11.1 Å². The van der Waals surface area contributed by atoms with Gasteiger partial charge in [-0.2, -0.15) is 5.10 Å². The largest absolute Gasteiger partial charge is 0.325 e. The molecule has 1 atom stereocenters. The van der Waals surface area contributed by atoms with Gasteiger partial charge in [0, 0.05) is 17.1 Å². The standard InChI is InChI=1S/C13H18N4O/c1-8(2)17-12-6-11(16-13(18)9(3)14)5-4-10(12)7-15-17/h4-9H,14H2,1-3H3,(H,16,18)/t9-/m1/s1. The number of amides is 1. The number of nitrogens with zero attached hydrogens (tertiary/aromatic N) is 2. The van der Waals surface area contributed by atoms with Crippen molar-refractivity contribution in [3.05, 3.63) is 24.4 Å². The monoisotopic (exact) mass is 246 g/mol. The number of benzene rings is 1. The second kappa shape index (κ2) is 4.78. The Labute approximate surface area is 106 Å². The lowest BCUT2D eigenvalue weighted by Crippen LogP contribution is -2.32. The molecule has 0 aliphatic carbocycles. The summed E-state index contributed by atoms with van der Waals surface area (Å²) in [6, 6.07) is 5.48. The average molecular weight is 246 g/mol. The molecular weight excluding hydrogens is 228 g/mol. The molecule has 0 fully saturated rings. The smallest absolute Gasteiger partial charge is 0.240 e. The van der Waals surface area contributed by atoms with E-state index in [1.807, 2.05) is 29.1 Å². The minimum atomic E-state index is -0.518. The highest BCUT2D eigenvalue weighted by Gasteiger charge is 2.10. The Hall–Kier alpha value is -1.88. The fourth-order valence-corrected chi connectivity index (χ4v) is 1.78. The molecule has 0 saturated heterocycles. The Morgan fingerprint density at radius 1 is 1.39 bits per heavy atom. The van der Waals surface area contributed by atoms with Gasteiger partial charge in [-0.1, -0.05) is 0 Å². The lowest BCUT2D eigenvalue weighted by molar-refractivity contribution is -0.117. The van der Waals surface area contributed by atoms with E-state index in [9.17, 15) is 4.79 Å². The van der Waals surface area contributed by atoms with E-state index in [1.54, 1.807) is 6.92 Å². The lowest BCUT2D eigenvalue weighted by Gasteiger charge is -2.10. The summed E-state index contributed by atoms with van der Waals surface area (Å²) >= 11 is 0. The first kappa shape index (κ1) is 12.6. The van der Waals surface area contributed by atoms with Gasteiger partial charge in [-0.25, -0.2) is 0 Å². The third-order valence-corrected chi connectivity index (χ3v) is 2.77. The molecular formula is C13H18N4O. The predicted molar refractivity (Wildman–Crippen MR) is 72.4 cm³/mol. The summed E-state index contributed by atoms with van der Waals surface area (Å²) in [6.07, 6.45) is 1.83. The highest BCUT2D eigenvalue weighted by atomic mass is 16.2. The second-order valence-corrected chi connectivity index (χ2v) is 4.73. The zero-order valence-electron chi connectivity index (χ0n) is 10.8. The summed E-state index contributed by atoms with van der Waals surface area (Å²) < 4.78 is 1.93. The number of hydrogen-bond acceptors (Lipinski definition) is 3. The van der Waals surface area contributed by atoms with Gasteiger partial charge in [-0.3, -0.25) is 9.48 Å². The number of aromatic nitrogens is 2. The Kier molecular flexibility index (Phi) is 3.34. The highest BCUT2D eigenvalue weighted by molar-refractivity contribution is 5.96. The number of fused-ring (bicyclic) bond motifs is 1. The Bertz CT molecular complexity index is 571. The number of rotatable bonds is 3. The molecule has 0 saturated carbocycles. The first-order chi connectivity index (χ1) is 8.49. The molecule has 3 N–H and O–H groups in total. The van der Waals surface area contributed by atoms with Gasteiger partial charge in [-0.05, 0) is 39.0 Å². The average Bonchev–Trinajstić information content (AvgIpc) is 2.71. The Morgan fingerprint density at radius 3 is 2.72 bits per heavy atom.